The van der Waals surface area contributed by atoms with Crippen molar-refractivity contribution in [3.8, 4) is 0 Å². The van der Waals surface area contributed by atoms with Gasteiger partial charge in [-0.3, -0.25) is 8.88 Å². The summed E-state index contributed by atoms with van der Waals surface area (Å²) in [5, 5.41) is 0. The number of phosphoric ester groups is 1. The molecule has 29 heavy (non-hydrogen) atoms. The number of hydrogen-bond acceptors (Lipinski definition) is 7. The van der Waals surface area contributed by atoms with E-state index in [1.807, 2.05) is 6.92 Å². The van der Waals surface area contributed by atoms with Crippen LogP contribution in [0.4, 0.5) is 0 Å². The van der Waals surface area contributed by atoms with Crippen LogP contribution in [0.15, 0.2) is 23.3 Å². The summed E-state index contributed by atoms with van der Waals surface area (Å²) in [6.45, 7) is 10.9. The molecule has 9 heteroatoms. The van der Waals surface area contributed by atoms with Crippen molar-refractivity contribution in [2.24, 2.45) is 22.7 Å². The Morgan fingerprint density at radius 1 is 1.24 bits per heavy atom. The fourth-order valence-electron chi connectivity index (χ4n) is 5.59. The summed E-state index contributed by atoms with van der Waals surface area (Å²) in [6, 6.07) is 0. The van der Waals surface area contributed by atoms with Crippen molar-refractivity contribution in [3.05, 3.63) is 23.3 Å². The third kappa shape index (κ3) is 6.61. The highest BCUT2D eigenvalue weighted by atomic mass is 31.3. The number of hydrogen-bond donors (Lipinski definition) is 0. The van der Waals surface area contributed by atoms with E-state index in [2.05, 4.69) is 42.6 Å². The lowest BCUT2D eigenvalue weighted by molar-refractivity contribution is -0.339. The molecule has 0 aromatic heterocycles. The summed E-state index contributed by atoms with van der Waals surface area (Å²) < 4.78 is 29.6. The quantitative estimate of drug-likeness (QED) is 0.409. The zero-order valence-electron chi connectivity index (χ0n) is 18.0. The Bertz CT molecular complexity index is 752. The van der Waals surface area contributed by atoms with Gasteiger partial charge in [-0.1, -0.05) is 50.5 Å². The summed E-state index contributed by atoms with van der Waals surface area (Å²) in [7, 11) is -10.8. The summed E-state index contributed by atoms with van der Waals surface area (Å²) in [6.07, 6.45) is 10.6. The minimum atomic E-state index is -5.65. The molecular weight excluding hydrogens is 414 g/mol. The lowest BCUT2D eigenvalue weighted by Gasteiger charge is -2.57. The number of allylic oxidation sites excluding steroid dienone is 3. The van der Waals surface area contributed by atoms with Crippen molar-refractivity contribution >= 4 is 15.6 Å². The van der Waals surface area contributed by atoms with Gasteiger partial charge in [0.15, 0.2) is 0 Å². The highest BCUT2D eigenvalue weighted by Crippen LogP contribution is 2.60. The van der Waals surface area contributed by atoms with Crippen LogP contribution in [0.25, 0.3) is 0 Å². The Kier molecular flexibility index (Phi) is 7.83. The zero-order valence-corrected chi connectivity index (χ0v) is 19.8. The van der Waals surface area contributed by atoms with Gasteiger partial charge in [0.2, 0.25) is 0 Å². The molecular formula is C20H33O7P2-3. The highest BCUT2D eigenvalue weighted by molar-refractivity contribution is 7.58. The Morgan fingerprint density at radius 2 is 1.90 bits per heavy atom. The minimum Gasteiger partial charge on any atom is -0.790 e. The predicted octanol–water partition coefficient (Wildman–Crippen LogP) is 3.84. The van der Waals surface area contributed by atoms with E-state index in [0.29, 0.717) is 17.3 Å². The molecule has 0 bridgehead atoms. The van der Waals surface area contributed by atoms with Crippen molar-refractivity contribution in [1.82, 2.24) is 0 Å². The first kappa shape index (κ1) is 25.0. The van der Waals surface area contributed by atoms with Gasteiger partial charge in [0.05, 0.1) is 14.4 Å². The van der Waals surface area contributed by atoms with Crippen LogP contribution in [0.3, 0.4) is 0 Å². The van der Waals surface area contributed by atoms with Crippen molar-refractivity contribution in [2.45, 2.75) is 73.1 Å². The molecule has 1 fully saturated rings. The van der Waals surface area contributed by atoms with Gasteiger partial charge in [0, 0.05) is 0 Å². The molecule has 2 aliphatic carbocycles. The molecule has 0 aliphatic heterocycles. The molecule has 0 aromatic carbocycles. The first-order valence-electron chi connectivity index (χ1n) is 10.2. The van der Waals surface area contributed by atoms with E-state index in [1.54, 1.807) is 6.08 Å². The Hall–Kier alpha value is -0.260. The summed E-state index contributed by atoms with van der Waals surface area (Å²) in [5.74, 6) is 1.13. The average molecular weight is 447 g/mol. The van der Waals surface area contributed by atoms with Crippen molar-refractivity contribution in [2.75, 3.05) is 6.61 Å². The molecule has 0 N–H and O–H groups in total. The monoisotopic (exact) mass is 447 g/mol. The van der Waals surface area contributed by atoms with Gasteiger partial charge in [0.1, 0.15) is 0 Å². The molecule has 4 atom stereocenters. The number of rotatable bonds is 8. The van der Waals surface area contributed by atoms with E-state index in [4.69, 9.17) is 0 Å². The van der Waals surface area contributed by atoms with Gasteiger partial charge in [-0.05, 0) is 68.6 Å². The van der Waals surface area contributed by atoms with Crippen LogP contribution in [-0.4, -0.2) is 6.61 Å². The van der Waals surface area contributed by atoms with E-state index in [0.717, 1.165) is 24.8 Å². The summed E-state index contributed by atoms with van der Waals surface area (Å²) >= 11 is 0. The minimum absolute atomic E-state index is 0.263. The van der Waals surface area contributed by atoms with E-state index >= 15 is 0 Å². The SMILES string of the molecule is CC1=CCC2C(C)(C)CCCC2(C)C1CC/C(C)=C/COP(=O)([O-])OP(=O)([O-])[O-]. The molecule has 0 aromatic rings. The van der Waals surface area contributed by atoms with Gasteiger partial charge in [0.25, 0.3) is 7.82 Å². The van der Waals surface area contributed by atoms with Gasteiger partial charge in [-0.15, -0.1) is 0 Å². The second-order valence-electron chi connectivity index (χ2n) is 9.50. The molecule has 0 heterocycles. The molecule has 2 rings (SSSR count). The molecule has 1 saturated carbocycles. The maximum Gasteiger partial charge on any atom is 0.272 e. The van der Waals surface area contributed by atoms with E-state index in [9.17, 15) is 23.8 Å². The van der Waals surface area contributed by atoms with Crippen LogP contribution in [0.2, 0.25) is 0 Å². The highest BCUT2D eigenvalue weighted by Gasteiger charge is 2.51. The number of fused-ring (bicyclic) bond motifs is 1. The maximum absolute atomic E-state index is 11.3. The largest absolute Gasteiger partial charge is 0.790 e. The van der Waals surface area contributed by atoms with Crippen molar-refractivity contribution < 1.29 is 32.6 Å². The third-order valence-corrected chi connectivity index (χ3v) is 9.05. The first-order valence-corrected chi connectivity index (χ1v) is 13.1. The smallest absolute Gasteiger partial charge is 0.272 e. The van der Waals surface area contributed by atoms with Crippen LogP contribution >= 0.6 is 15.6 Å². The molecule has 0 radical (unpaired) electrons. The maximum atomic E-state index is 11.3. The molecule has 0 amide bonds. The van der Waals surface area contributed by atoms with Gasteiger partial charge in [-0.25, -0.2) is 0 Å². The predicted molar refractivity (Wildman–Crippen MR) is 106 cm³/mol. The lowest BCUT2D eigenvalue weighted by atomic mass is 9.48. The van der Waals surface area contributed by atoms with Gasteiger partial charge < -0.3 is 23.8 Å². The van der Waals surface area contributed by atoms with Gasteiger partial charge >= 0.3 is 0 Å². The number of phosphoric acid groups is 2. The van der Waals surface area contributed by atoms with Crippen LogP contribution in [0.1, 0.15) is 73.1 Å². The standard InChI is InChI=1S/C20H36O7P2/c1-15(11-14-26-29(24,25)27-28(21,22)23)7-9-17-16(2)8-10-18-19(3,4)12-6-13-20(17,18)5/h8,11,17-18H,6-7,9-10,12-14H2,1-5H3,(H,24,25)(H2,21,22,23)/p-3/b15-11+. The molecule has 7 nitrogen and oxygen atoms in total. The molecule has 2 aliphatic rings. The van der Waals surface area contributed by atoms with Crippen LogP contribution in [0, 0.1) is 22.7 Å². The van der Waals surface area contributed by atoms with Gasteiger partial charge in [-0.2, -0.15) is 0 Å². The normalized spacial score (nSPS) is 32.3. The Morgan fingerprint density at radius 3 is 2.52 bits per heavy atom. The second kappa shape index (κ2) is 9.08. The molecule has 0 spiro atoms. The fraction of sp³-hybridized carbons (Fsp3) is 0.800. The molecule has 4 unspecified atom stereocenters. The third-order valence-electron chi connectivity index (χ3n) is 6.99. The molecule has 168 valence electrons. The second-order valence-corrected chi connectivity index (χ2v) is 12.2. The lowest BCUT2D eigenvalue weighted by Crippen LogP contribution is -2.48. The zero-order chi connectivity index (χ0) is 22.1. The van der Waals surface area contributed by atoms with Crippen LogP contribution in [0.5, 0.6) is 0 Å². The average Bonchev–Trinajstić information content (AvgIpc) is 2.50. The van der Waals surface area contributed by atoms with E-state index in [1.165, 1.54) is 24.8 Å². The molecule has 0 saturated heterocycles. The van der Waals surface area contributed by atoms with Crippen LogP contribution < -0.4 is 14.7 Å². The van der Waals surface area contributed by atoms with Crippen molar-refractivity contribution in [1.29, 1.82) is 0 Å². The summed E-state index contributed by atoms with van der Waals surface area (Å²) in [4.78, 5) is 32.2. The Balaban J connectivity index is 1.98. The first-order chi connectivity index (χ1) is 13.2. The van der Waals surface area contributed by atoms with Crippen molar-refractivity contribution in [3.63, 3.8) is 0 Å². The Labute approximate surface area is 174 Å². The topological polar surface area (TPSA) is 122 Å². The summed E-state index contributed by atoms with van der Waals surface area (Å²) in [5.41, 5.74) is 2.98. The van der Waals surface area contributed by atoms with Crippen LogP contribution in [-0.2, 0) is 18.0 Å². The fourth-order valence-corrected chi connectivity index (χ4v) is 7.01. The van der Waals surface area contributed by atoms with E-state index in [-0.39, 0.29) is 12.0 Å². The van der Waals surface area contributed by atoms with E-state index < -0.39 is 15.6 Å².